The Hall–Kier alpha value is -2.32. The largest absolute Gasteiger partial charge is 0.496 e. The number of rotatable bonds is 8. The number of hydrogen-bond acceptors (Lipinski definition) is 5. The van der Waals surface area contributed by atoms with Gasteiger partial charge in [0.05, 0.1) is 31.7 Å². The number of hydrogen-bond donors (Lipinski definition) is 1. The highest BCUT2D eigenvalue weighted by Crippen LogP contribution is 2.16. The number of para-hydroxylation sites is 1. The van der Waals surface area contributed by atoms with E-state index in [0.717, 1.165) is 6.26 Å². The Balaban J connectivity index is 1.96. The van der Waals surface area contributed by atoms with E-state index in [9.17, 15) is 13.2 Å². The van der Waals surface area contributed by atoms with Crippen LogP contribution in [0, 0.1) is 0 Å². The second-order valence-corrected chi connectivity index (χ2v) is 7.11. The average Bonchev–Trinajstić information content (AvgIpc) is 3.06. The lowest BCUT2D eigenvalue weighted by molar-refractivity contribution is 0.0948. The maximum Gasteiger partial charge on any atom is 0.255 e. The summed E-state index contributed by atoms with van der Waals surface area (Å²) in [5.74, 6) is 0.681. The van der Waals surface area contributed by atoms with Crippen molar-refractivity contribution in [2.45, 2.75) is 6.54 Å². The quantitative estimate of drug-likeness (QED) is 0.777. The van der Waals surface area contributed by atoms with Crippen LogP contribution in [0.4, 0.5) is 0 Å². The summed E-state index contributed by atoms with van der Waals surface area (Å²) in [6.45, 7) is 0.432. The Kier molecular flexibility index (Phi) is 5.99. The molecule has 0 saturated carbocycles. The van der Waals surface area contributed by atoms with Crippen LogP contribution in [0.5, 0.6) is 5.75 Å². The predicted octanol–water partition coefficient (Wildman–Crippen LogP) is 1.48. The number of benzene rings is 1. The van der Waals surface area contributed by atoms with Crippen molar-refractivity contribution in [2.24, 2.45) is 0 Å². The molecule has 8 heteroatoms. The van der Waals surface area contributed by atoms with Crippen LogP contribution in [0.1, 0.15) is 16.1 Å². The van der Waals surface area contributed by atoms with Crippen molar-refractivity contribution in [1.82, 2.24) is 9.62 Å². The molecule has 1 aromatic heterocycles. The Morgan fingerprint density at radius 1 is 1.25 bits per heavy atom. The zero-order valence-electron chi connectivity index (χ0n) is 13.6. The lowest BCUT2D eigenvalue weighted by Crippen LogP contribution is -2.37. The summed E-state index contributed by atoms with van der Waals surface area (Å²) in [5, 5.41) is 2.70. The number of sulfonamides is 1. The number of furan rings is 1. The van der Waals surface area contributed by atoms with Crippen LogP contribution < -0.4 is 10.1 Å². The molecule has 0 radical (unpaired) electrons. The minimum absolute atomic E-state index is 0.121. The van der Waals surface area contributed by atoms with E-state index in [1.54, 1.807) is 36.4 Å². The molecule has 1 heterocycles. The second kappa shape index (κ2) is 7.98. The molecular formula is C16H20N2O5S. The number of nitrogens with zero attached hydrogens (tertiary/aromatic N) is 1. The summed E-state index contributed by atoms with van der Waals surface area (Å²) in [6, 6.07) is 10.2. The van der Waals surface area contributed by atoms with Gasteiger partial charge >= 0.3 is 0 Å². The van der Waals surface area contributed by atoms with Crippen molar-refractivity contribution >= 4 is 15.9 Å². The smallest absolute Gasteiger partial charge is 0.255 e. The zero-order chi connectivity index (χ0) is 17.6. The molecule has 0 aliphatic heterocycles. The van der Waals surface area contributed by atoms with Gasteiger partial charge in [-0.2, -0.15) is 4.31 Å². The summed E-state index contributed by atoms with van der Waals surface area (Å²) in [4.78, 5) is 12.2. The molecule has 0 bridgehead atoms. The molecule has 130 valence electrons. The van der Waals surface area contributed by atoms with E-state index < -0.39 is 10.0 Å². The molecule has 2 rings (SSSR count). The van der Waals surface area contributed by atoms with Gasteiger partial charge < -0.3 is 14.5 Å². The molecule has 0 aliphatic rings. The fraction of sp³-hybridized carbons (Fsp3) is 0.312. The van der Waals surface area contributed by atoms with Crippen molar-refractivity contribution in [3.8, 4) is 5.75 Å². The average molecular weight is 352 g/mol. The van der Waals surface area contributed by atoms with Crippen molar-refractivity contribution in [1.29, 1.82) is 0 Å². The summed E-state index contributed by atoms with van der Waals surface area (Å²) in [6.07, 6.45) is 2.61. The van der Waals surface area contributed by atoms with Crippen LogP contribution in [-0.4, -0.2) is 45.1 Å². The maximum absolute atomic E-state index is 12.2. The maximum atomic E-state index is 12.2. The molecule has 0 unspecified atom stereocenters. The predicted molar refractivity (Wildman–Crippen MR) is 89.3 cm³/mol. The third kappa shape index (κ3) is 4.84. The molecule has 24 heavy (non-hydrogen) atoms. The number of carbonyl (C=O) groups is 1. The summed E-state index contributed by atoms with van der Waals surface area (Å²) >= 11 is 0. The van der Waals surface area contributed by atoms with E-state index >= 15 is 0 Å². The molecule has 7 nitrogen and oxygen atoms in total. The third-order valence-corrected chi connectivity index (χ3v) is 4.63. The first kappa shape index (κ1) is 18.0. The standard InChI is InChI=1S/C16H20N2O5S/c1-22-15-8-4-3-7-14(15)16(19)17-9-10-18(24(2,20)21)12-13-6-5-11-23-13/h3-8,11H,9-10,12H2,1-2H3,(H,17,19). The SMILES string of the molecule is COc1ccccc1C(=O)NCCN(Cc1ccco1)S(C)(=O)=O. The topological polar surface area (TPSA) is 88.8 Å². The normalized spacial score (nSPS) is 11.5. The minimum atomic E-state index is -3.42. The molecule has 0 aliphatic carbocycles. The Morgan fingerprint density at radius 3 is 2.62 bits per heavy atom. The van der Waals surface area contributed by atoms with Gasteiger partial charge in [-0.05, 0) is 24.3 Å². The fourth-order valence-corrected chi connectivity index (χ4v) is 2.94. The Bertz CT molecular complexity index is 772. The summed E-state index contributed by atoms with van der Waals surface area (Å²) in [5.41, 5.74) is 0.400. The molecule has 1 N–H and O–H groups in total. The minimum Gasteiger partial charge on any atom is -0.496 e. The molecule has 0 atom stereocenters. The van der Waals surface area contributed by atoms with E-state index in [1.807, 2.05) is 0 Å². The highest BCUT2D eigenvalue weighted by molar-refractivity contribution is 7.88. The van der Waals surface area contributed by atoms with Crippen LogP contribution >= 0.6 is 0 Å². The third-order valence-electron chi connectivity index (χ3n) is 3.38. The van der Waals surface area contributed by atoms with Gasteiger partial charge in [0.2, 0.25) is 10.0 Å². The fourth-order valence-electron chi connectivity index (χ4n) is 2.16. The molecule has 0 saturated heterocycles. The van der Waals surface area contributed by atoms with Crippen molar-refractivity contribution in [3.63, 3.8) is 0 Å². The van der Waals surface area contributed by atoms with E-state index in [-0.39, 0.29) is 25.5 Å². The number of amides is 1. The van der Waals surface area contributed by atoms with Gasteiger partial charge in [0.15, 0.2) is 0 Å². The first-order chi connectivity index (χ1) is 11.4. The van der Waals surface area contributed by atoms with Crippen LogP contribution in [0.2, 0.25) is 0 Å². The molecule has 0 spiro atoms. The van der Waals surface area contributed by atoms with Crippen molar-refractivity contribution < 1.29 is 22.4 Å². The van der Waals surface area contributed by atoms with E-state index in [4.69, 9.17) is 9.15 Å². The van der Waals surface area contributed by atoms with Crippen molar-refractivity contribution in [2.75, 3.05) is 26.5 Å². The number of methoxy groups -OCH3 is 1. The van der Waals surface area contributed by atoms with Gasteiger partial charge in [0.25, 0.3) is 5.91 Å². The molecule has 0 fully saturated rings. The molecule has 1 amide bonds. The van der Waals surface area contributed by atoms with Crippen LogP contribution in [0.3, 0.4) is 0 Å². The van der Waals surface area contributed by atoms with Gasteiger partial charge in [-0.25, -0.2) is 8.42 Å². The summed E-state index contributed by atoms with van der Waals surface area (Å²) < 4.78 is 35.3. The van der Waals surface area contributed by atoms with Gasteiger partial charge in [-0.3, -0.25) is 4.79 Å². The second-order valence-electron chi connectivity index (χ2n) is 5.13. The van der Waals surface area contributed by atoms with E-state index in [0.29, 0.717) is 17.1 Å². The zero-order valence-corrected chi connectivity index (χ0v) is 14.4. The highest BCUT2D eigenvalue weighted by atomic mass is 32.2. The van der Waals surface area contributed by atoms with E-state index in [1.165, 1.54) is 17.7 Å². The van der Waals surface area contributed by atoms with Crippen LogP contribution in [0.25, 0.3) is 0 Å². The lowest BCUT2D eigenvalue weighted by atomic mass is 10.2. The molecule has 1 aromatic carbocycles. The molecule has 2 aromatic rings. The number of carbonyl (C=O) groups excluding carboxylic acids is 1. The molecular weight excluding hydrogens is 332 g/mol. The van der Waals surface area contributed by atoms with E-state index in [2.05, 4.69) is 5.32 Å². The monoisotopic (exact) mass is 352 g/mol. The van der Waals surface area contributed by atoms with Crippen LogP contribution in [0.15, 0.2) is 47.1 Å². The Labute approximate surface area is 141 Å². The van der Waals surface area contributed by atoms with Crippen molar-refractivity contribution in [3.05, 3.63) is 54.0 Å². The highest BCUT2D eigenvalue weighted by Gasteiger charge is 2.19. The number of nitrogens with one attached hydrogen (secondary N) is 1. The lowest BCUT2D eigenvalue weighted by Gasteiger charge is -2.19. The van der Waals surface area contributed by atoms with Crippen LogP contribution in [-0.2, 0) is 16.6 Å². The van der Waals surface area contributed by atoms with Gasteiger partial charge in [0, 0.05) is 13.1 Å². The first-order valence-electron chi connectivity index (χ1n) is 7.30. The van der Waals surface area contributed by atoms with Gasteiger partial charge in [-0.15, -0.1) is 0 Å². The summed E-state index contributed by atoms with van der Waals surface area (Å²) in [7, 11) is -1.93. The Morgan fingerprint density at radius 2 is 2.00 bits per heavy atom. The van der Waals surface area contributed by atoms with Gasteiger partial charge in [-0.1, -0.05) is 12.1 Å². The number of ether oxygens (including phenoxy) is 1. The van der Waals surface area contributed by atoms with Gasteiger partial charge in [0.1, 0.15) is 11.5 Å². The first-order valence-corrected chi connectivity index (χ1v) is 9.15.